The van der Waals surface area contributed by atoms with E-state index in [1.807, 2.05) is 0 Å². The lowest BCUT2D eigenvalue weighted by Gasteiger charge is -2.32. The fraction of sp³-hybridized carbons (Fsp3) is 0.333. The molecule has 2 aromatic heterocycles. The van der Waals surface area contributed by atoms with E-state index in [0.29, 0.717) is 0 Å². The van der Waals surface area contributed by atoms with Crippen molar-refractivity contribution in [3.8, 4) is 0 Å². The number of ketones is 1. The largest absolute Gasteiger partial charge is 0.394 e. The number of aliphatic hydroxyl groups excluding tert-OH is 3. The van der Waals surface area contributed by atoms with E-state index < -0.39 is 42.1 Å². The number of ether oxygens (including phenoxy) is 1. The van der Waals surface area contributed by atoms with Crippen molar-refractivity contribution in [3.63, 3.8) is 0 Å². The number of aromatic nitrogens is 3. The van der Waals surface area contributed by atoms with Gasteiger partial charge >= 0.3 is 5.69 Å². The molecule has 4 atom stereocenters. The number of carbonyl (C=O) groups is 1. The maximum Gasteiger partial charge on any atom is 0.352 e. The summed E-state index contributed by atoms with van der Waals surface area (Å²) in [6.07, 6.45) is -0.906. The van der Waals surface area contributed by atoms with Gasteiger partial charge < -0.3 is 25.8 Å². The van der Waals surface area contributed by atoms with Gasteiger partial charge in [0.05, 0.1) is 6.61 Å². The zero-order valence-electron chi connectivity index (χ0n) is 12.9. The molecule has 1 aliphatic heterocycles. The van der Waals surface area contributed by atoms with Gasteiger partial charge in [-0.3, -0.25) is 14.3 Å². The number of hydrogen-bond acceptors (Lipinski definition) is 9. The van der Waals surface area contributed by atoms with Crippen LogP contribution in [0, 0.1) is 0 Å². The zero-order valence-corrected chi connectivity index (χ0v) is 12.9. The van der Waals surface area contributed by atoms with Crippen LogP contribution in [-0.2, 0) is 10.5 Å². The number of anilines is 1. The maximum absolute atomic E-state index is 13.1. The van der Waals surface area contributed by atoms with Crippen molar-refractivity contribution in [3.05, 3.63) is 52.8 Å². The Labute approximate surface area is 141 Å². The predicted molar refractivity (Wildman–Crippen MR) is 83.4 cm³/mol. The molecule has 3 rings (SSSR count). The second kappa shape index (κ2) is 6.33. The van der Waals surface area contributed by atoms with E-state index in [-0.39, 0.29) is 11.4 Å². The van der Waals surface area contributed by atoms with Crippen molar-refractivity contribution in [1.82, 2.24) is 14.5 Å². The zero-order chi connectivity index (χ0) is 18.2. The first-order valence-electron chi connectivity index (χ1n) is 7.37. The van der Waals surface area contributed by atoms with Crippen molar-refractivity contribution < 1.29 is 24.9 Å². The summed E-state index contributed by atoms with van der Waals surface area (Å²) in [6, 6.07) is 4.15. The van der Waals surface area contributed by atoms with Gasteiger partial charge in [0, 0.05) is 24.2 Å². The maximum atomic E-state index is 13.1. The minimum absolute atomic E-state index is 0.0380. The number of hydrogen-bond donors (Lipinski definition) is 4. The van der Waals surface area contributed by atoms with Gasteiger partial charge in [-0.05, 0) is 18.2 Å². The van der Waals surface area contributed by atoms with Crippen LogP contribution in [0.2, 0.25) is 0 Å². The summed E-state index contributed by atoms with van der Waals surface area (Å²) in [6.45, 7) is -0.669. The molecule has 1 aliphatic rings. The van der Waals surface area contributed by atoms with Crippen molar-refractivity contribution in [1.29, 1.82) is 0 Å². The smallest absolute Gasteiger partial charge is 0.352 e. The second-order valence-electron chi connectivity index (χ2n) is 5.55. The molecule has 5 N–H and O–H groups in total. The minimum Gasteiger partial charge on any atom is -0.394 e. The highest BCUT2D eigenvalue weighted by Crippen LogP contribution is 2.37. The first-order chi connectivity index (χ1) is 11.9. The number of carbonyl (C=O) groups excluding carboxylic acids is 1. The van der Waals surface area contributed by atoms with E-state index in [2.05, 4.69) is 9.97 Å². The predicted octanol–water partition coefficient (Wildman–Crippen LogP) is -2.13. The molecular formula is C15H16N4O6. The molecular weight excluding hydrogens is 332 g/mol. The summed E-state index contributed by atoms with van der Waals surface area (Å²) in [5.74, 6) is -0.909. The standard InChI is InChI=1S/C15H16N4O6/c16-10-3-5-19(14(24)18-10)15(12(22)8-2-1-4-17-6-8)13(23)11(21)9(7-20)25-15/h1-6,9,11,13,20-21,23H,7H2,(H2,16,18,24)/t9-,11-,13-,15-/m1/s1. The Kier molecular flexibility index (Phi) is 4.35. The lowest BCUT2D eigenvalue weighted by molar-refractivity contribution is -0.117. The number of nitrogens with zero attached hydrogens (tertiary/aromatic N) is 3. The van der Waals surface area contributed by atoms with Gasteiger partial charge in [-0.25, -0.2) is 4.79 Å². The van der Waals surface area contributed by atoms with Gasteiger partial charge in [-0.2, -0.15) is 4.98 Å². The molecule has 10 heteroatoms. The molecule has 0 spiro atoms. The number of Topliss-reactive ketones (excluding diaryl/α,β-unsaturated/α-hetero) is 1. The molecule has 0 unspecified atom stereocenters. The number of nitrogen functional groups attached to an aromatic ring is 1. The summed E-state index contributed by atoms with van der Waals surface area (Å²) < 4.78 is 6.25. The normalized spacial score (nSPS) is 28.8. The molecule has 1 fully saturated rings. The third kappa shape index (κ3) is 2.61. The molecule has 132 valence electrons. The first-order valence-corrected chi connectivity index (χ1v) is 7.37. The molecule has 10 nitrogen and oxygen atoms in total. The minimum atomic E-state index is -2.31. The molecule has 2 aromatic rings. The Bertz CT molecular complexity index is 841. The van der Waals surface area contributed by atoms with Crippen LogP contribution in [0.15, 0.2) is 41.6 Å². The van der Waals surface area contributed by atoms with Crippen LogP contribution in [-0.4, -0.2) is 60.6 Å². The van der Waals surface area contributed by atoms with Gasteiger partial charge in [0.25, 0.3) is 0 Å². The number of nitrogens with two attached hydrogens (primary N) is 1. The SMILES string of the molecule is Nc1ccn([C@]2(C(=O)c3cccnc3)O[C@H](CO)[C@@H](O)[C@H]2O)c(=O)n1. The summed E-state index contributed by atoms with van der Waals surface area (Å²) in [5.41, 5.74) is 2.23. The molecule has 3 heterocycles. The highest BCUT2D eigenvalue weighted by molar-refractivity contribution is 6.01. The highest BCUT2D eigenvalue weighted by Gasteiger charge is 2.60. The fourth-order valence-corrected chi connectivity index (χ4v) is 2.82. The van der Waals surface area contributed by atoms with Crippen LogP contribution in [0.4, 0.5) is 5.82 Å². The van der Waals surface area contributed by atoms with Crippen molar-refractivity contribution in [2.24, 2.45) is 0 Å². The Morgan fingerprint density at radius 2 is 2.16 bits per heavy atom. The van der Waals surface area contributed by atoms with E-state index in [1.165, 1.54) is 30.6 Å². The molecule has 0 aromatic carbocycles. The fourth-order valence-electron chi connectivity index (χ4n) is 2.82. The average Bonchev–Trinajstić information content (AvgIpc) is 2.87. The van der Waals surface area contributed by atoms with E-state index >= 15 is 0 Å². The number of aliphatic hydroxyl groups is 3. The van der Waals surface area contributed by atoms with E-state index in [4.69, 9.17) is 10.5 Å². The monoisotopic (exact) mass is 348 g/mol. The highest BCUT2D eigenvalue weighted by atomic mass is 16.6. The van der Waals surface area contributed by atoms with Crippen LogP contribution in [0.1, 0.15) is 10.4 Å². The van der Waals surface area contributed by atoms with Crippen molar-refractivity contribution >= 4 is 11.6 Å². The van der Waals surface area contributed by atoms with Gasteiger partial charge in [0.2, 0.25) is 11.5 Å². The molecule has 25 heavy (non-hydrogen) atoms. The topological polar surface area (TPSA) is 161 Å². The van der Waals surface area contributed by atoms with Gasteiger partial charge in [0.1, 0.15) is 24.1 Å². The number of rotatable bonds is 4. The van der Waals surface area contributed by atoms with Crippen LogP contribution in [0.3, 0.4) is 0 Å². The molecule has 0 radical (unpaired) electrons. The third-order valence-corrected chi connectivity index (χ3v) is 4.05. The molecule has 0 amide bonds. The lowest BCUT2D eigenvalue weighted by Crippen LogP contribution is -2.56. The Morgan fingerprint density at radius 3 is 2.72 bits per heavy atom. The van der Waals surface area contributed by atoms with Crippen molar-refractivity contribution in [2.75, 3.05) is 12.3 Å². The molecule has 1 saturated heterocycles. The molecule has 0 saturated carbocycles. The van der Waals surface area contributed by atoms with Gasteiger partial charge in [0.15, 0.2) is 0 Å². The summed E-state index contributed by atoms with van der Waals surface area (Å²) >= 11 is 0. The second-order valence-corrected chi connectivity index (χ2v) is 5.55. The van der Waals surface area contributed by atoms with Crippen molar-refractivity contribution in [2.45, 2.75) is 24.0 Å². The summed E-state index contributed by atoms with van der Waals surface area (Å²) in [7, 11) is 0. The van der Waals surface area contributed by atoms with E-state index in [1.54, 1.807) is 0 Å². The molecule has 0 aliphatic carbocycles. The number of pyridine rings is 1. The Hall–Kier alpha value is -2.66. The Morgan fingerprint density at radius 1 is 1.40 bits per heavy atom. The van der Waals surface area contributed by atoms with Crippen LogP contribution >= 0.6 is 0 Å². The van der Waals surface area contributed by atoms with Crippen LogP contribution in [0.25, 0.3) is 0 Å². The van der Waals surface area contributed by atoms with E-state index in [0.717, 1.165) is 10.8 Å². The summed E-state index contributed by atoms with van der Waals surface area (Å²) in [4.78, 5) is 32.7. The average molecular weight is 348 g/mol. The van der Waals surface area contributed by atoms with Crippen LogP contribution < -0.4 is 11.4 Å². The summed E-state index contributed by atoms with van der Waals surface area (Å²) in [5, 5.41) is 30.0. The molecule has 0 bridgehead atoms. The van der Waals surface area contributed by atoms with Crippen LogP contribution in [0.5, 0.6) is 0 Å². The Balaban J connectivity index is 2.23. The van der Waals surface area contributed by atoms with Gasteiger partial charge in [-0.1, -0.05) is 0 Å². The van der Waals surface area contributed by atoms with Gasteiger partial charge in [-0.15, -0.1) is 0 Å². The van der Waals surface area contributed by atoms with E-state index in [9.17, 15) is 24.9 Å². The quantitative estimate of drug-likeness (QED) is 0.452. The third-order valence-electron chi connectivity index (χ3n) is 4.05. The first kappa shape index (κ1) is 17.2. The lowest BCUT2D eigenvalue weighted by atomic mass is 9.94.